The van der Waals surface area contributed by atoms with E-state index < -0.39 is 24.0 Å². The molecule has 4 rings (SSSR count). The Morgan fingerprint density at radius 2 is 1.74 bits per heavy atom. The van der Waals surface area contributed by atoms with E-state index in [0.29, 0.717) is 28.0 Å². The molecule has 0 bridgehead atoms. The molecule has 27 heavy (non-hydrogen) atoms. The van der Waals surface area contributed by atoms with Gasteiger partial charge in [0, 0.05) is 22.3 Å². The molecule has 0 saturated carbocycles. The van der Waals surface area contributed by atoms with Crippen molar-refractivity contribution in [2.45, 2.75) is 0 Å². The number of H-pyrrole nitrogens is 1. The zero-order valence-electron chi connectivity index (χ0n) is 14.0. The summed E-state index contributed by atoms with van der Waals surface area (Å²) in [5.74, 6) is -1.02. The van der Waals surface area contributed by atoms with E-state index in [4.69, 9.17) is 5.11 Å². The molecule has 134 valence electrons. The van der Waals surface area contributed by atoms with Crippen LogP contribution in [0.4, 0.5) is 8.78 Å². The van der Waals surface area contributed by atoms with Gasteiger partial charge in [0.15, 0.2) is 5.78 Å². The molecule has 4 aromatic rings. The van der Waals surface area contributed by atoms with Crippen LogP contribution >= 0.6 is 0 Å². The van der Waals surface area contributed by atoms with Crippen molar-refractivity contribution in [3.63, 3.8) is 0 Å². The van der Waals surface area contributed by atoms with Gasteiger partial charge in [-0.25, -0.2) is 13.8 Å². The Bertz CT molecular complexity index is 1170. The maximum Gasteiger partial charge on any atom is 0.188 e. The number of halogens is 2. The molecule has 0 aliphatic heterocycles. The summed E-state index contributed by atoms with van der Waals surface area (Å²) in [5, 5.41) is 8.97. The number of benzene rings is 3. The lowest BCUT2D eigenvalue weighted by atomic mass is 10.0. The van der Waals surface area contributed by atoms with Crippen LogP contribution in [0.1, 0.15) is 10.4 Å². The van der Waals surface area contributed by atoms with Crippen molar-refractivity contribution in [2.24, 2.45) is 0 Å². The zero-order valence-corrected chi connectivity index (χ0v) is 14.0. The highest BCUT2D eigenvalue weighted by Crippen LogP contribution is 2.29. The molecule has 3 aromatic carbocycles. The summed E-state index contributed by atoms with van der Waals surface area (Å²) in [5.41, 5.74) is 2.43. The van der Waals surface area contributed by atoms with E-state index in [1.807, 2.05) is 0 Å². The first-order valence-corrected chi connectivity index (χ1v) is 8.25. The minimum Gasteiger partial charge on any atom is -0.388 e. The largest absolute Gasteiger partial charge is 0.388 e. The van der Waals surface area contributed by atoms with Gasteiger partial charge in [-0.15, -0.1) is 0 Å². The lowest BCUT2D eigenvalue weighted by Gasteiger charge is -2.06. The SMILES string of the molecule is O=C(CO)c1ccc2nc(-c3ccc(-c4ccccc4F)c(F)c3)[nH]c2c1. The predicted octanol–water partition coefficient (Wildman–Crippen LogP) is 4.35. The second-order valence-corrected chi connectivity index (χ2v) is 6.07. The molecule has 0 aliphatic carbocycles. The van der Waals surface area contributed by atoms with Gasteiger partial charge in [-0.1, -0.05) is 30.3 Å². The van der Waals surface area contributed by atoms with Crippen LogP contribution in [-0.2, 0) is 0 Å². The number of imidazole rings is 1. The molecule has 1 heterocycles. The predicted molar refractivity (Wildman–Crippen MR) is 98.3 cm³/mol. The Morgan fingerprint density at radius 1 is 0.963 bits per heavy atom. The molecule has 2 N–H and O–H groups in total. The molecule has 4 nitrogen and oxygen atoms in total. The standard InChI is InChI=1S/C21H14F2N2O2/c22-16-4-2-1-3-14(16)15-7-5-13(9-17(15)23)21-24-18-8-6-12(20(27)11-26)10-19(18)25-21/h1-10,26H,11H2,(H,24,25). The maximum absolute atomic E-state index is 14.6. The van der Waals surface area contributed by atoms with Crippen molar-refractivity contribution >= 4 is 16.8 Å². The molecule has 0 spiro atoms. The molecule has 6 heteroatoms. The van der Waals surface area contributed by atoms with E-state index in [1.54, 1.807) is 36.4 Å². The summed E-state index contributed by atoms with van der Waals surface area (Å²) >= 11 is 0. The molecular weight excluding hydrogens is 350 g/mol. The number of carbonyl (C=O) groups is 1. The van der Waals surface area contributed by atoms with Gasteiger partial charge in [0.1, 0.15) is 24.1 Å². The molecule has 0 aliphatic rings. The molecule has 1 aromatic heterocycles. The lowest BCUT2D eigenvalue weighted by Crippen LogP contribution is -2.03. The van der Waals surface area contributed by atoms with Crippen LogP contribution in [0, 0.1) is 11.6 Å². The number of Topliss-reactive ketones (excluding diaryl/α,β-unsaturated/α-hetero) is 1. The number of nitrogens with one attached hydrogen (secondary N) is 1. The second-order valence-electron chi connectivity index (χ2n) is 6.07. The fraction of sp³-hybridized carbons (Fsp3) is 0.0476. The minimum atomic E-state index is -0.574. The van der Waals surface area contributed by atoms with E-state index in [-0.39, 0.29) is 11.1 Å². The van der Waals surface area contributed by atoms with Crippen molar-refractivity contribution in [1.82, 2.24) is 9.97 Å². The number of aliphatic hydroxyl groups is 1. The van der Waals surface area contributed by atoms with Gasteiger partial charge >= 0.3 is 0 Å². The third kappa shape index (κ3) is 3.11. The number of fused-ring (bicyclic) bond motifs is 1. The first-order chi connectivity index (χ1) is 13.1. The van der Waals surface area contributed by atoms with E-state index in [1.165, 1.54) is 24.3 Å². The number of aromatic nitrogens is 2. The Morgan fingerprint density at radius 3 is 2.48 bits per heavy atom. The van der Waals surface area contributed by atoms with E-state index >= 15 is 0 Å². The van der Waals surface area contributed by atoms with Gasteiger partial charge in [-0.2, -0.15) is 0 Å². The molecular formula is C21H14F2N2O2. The molecule has 0 unspecified atom stereocenters. The van der Waals surface area contributed by atoms with Crippen LogP contribution in [0.5, 0.6) is 0 Å². The Kier molecular flexibility index (Phi) is 4.25. The quantitative estimate of drug-likeness (QED) is 0.529. The average Bonchev–Trinajstić information content (AvgIpc) is 3.11. The third-order valence-electron chi connectivity index (χ3n) is 4.35. The summed E-state index contributed by atoms with van der Waals surface area (Å²) in [4.78, 5) is 19.1. The molecule has 0 atom stereocenters. The lowest BCUT2D eigenvalue weighted by molar-refractivity contribution is 0.0904. The minimum absolute atomic E-state index is 0.170. The molecule has 0 saturated heterocycles. The highest BCUT2D eigenvalue weighted by molar-refractivity contribution is 5.99. The van der Waals surface area contributed by atoms with Crippen LogP contribution in [-0.4, -0.2) is 27.5 Å². The van der Waals surface area contributed by atoms with Crippen LogP contribution in [0.25, 0.3) is 33.5 Å². The van der Waals surface area contributed by atoms with Crippen molar-refractivity contribution in [3.05, 3.63) is 77.9 Å². The van der Waals surface area contributed by atoms with Gasteiger partial charge < -0.3 is 10.1 Å². The molecule has 0 radical (unpaired) electrons. The Hall–Kier alpha value is -3.38. The summed E-state index contributed by atoms with van der Waals surface area (Å²) in [6.07, 6.45) is 0. The second kappa shape index (κ2) is 6.74. The van der Waals surface area contributed by atoms with Crippen LogP contribution < -0.4 is 0 Å². The monoisotopic (exact) mass is 364 g/mol. The number of hydrogen-bond acceptors (Lipinski definition) is 3. The summed E-state index contributed by atoms with van der Waals surface area (Å²) in [7, 11) is 0. The summed E-state index contributed by atoms with van der Waals surface area (Å²) < 4.78 is 28.5. The number of aliphatic hydroxyl groups excluding tert-OH is 1. The van der Waals surface area contributed by atoms with Crippen molar-refractivity contribution in [1.29, 1.82) is 0 Å². The molecule has 0 fully saturated rings. The van der Waals surface area contributed by atoms with E-state index in [0.717, 1.165) is 0 Å². The first-order valence-electron chi connectivity index (χ1n) is 8.25. The van der Waals surface area contributed by atoms with E-state index in [2.05, 4.69) is 9.97 Å². The Balaban J connectivity index is 1.74. The van der Waals surface area contributed by atoms with Crippen LogP contribution in [0.2, 0.25) is 0 Å². The van der Waals surface area contributed by atoms with Gasteiger partial charge in [0.05, 0.1) is 11.0 Å². The third-order valence-corrected chi connectivity index (χ3v) is 4.35. The van der Waals surface area contributed by atoms with Gasteiger partial charge in [0.25, 0.3) is 0 Å². The normalized spacial score (nSPS) is 11.1. The first kappa shape index (κ1) is 17.1. The van der Waals surface area contributed by atoms with Crippen LogP contribution in [0.3, 0.4) is 0 Å². The van der Waals surface area contributed by atoms with Crippen molar-refractivity contribution in [3.8, 4) is 22.5 Å². The Labute approximate surface area is 153 Å². The topological polar surface area (TPSA) is 66.0 Å². The maximum atomic E-state index is 14.6. The fourth-order valence-electron chi connectivity index (χ4n) is 2.97. The van der Waals surface area contributed by atoms with Gasteiger partial charge in [-0.3, -0.25) is 4.79 Å². The number of carbonyl (C=O) groups excluding carboxylic acids is 1. The summed E-state index contributed by atoms with van der Waals surface area (Å²) in [6, 6.07) is 15.3. The highest BCUT2D eigenvalue weighted by atomic mass is 19.1. The number of aromatic amines is 1. The van der Waals surface area contributed by atoms with Gasteiger partial charge in [-0.05, 0) is 30.3 Å². The smallest absolute Gasteiger partial charge is 0.188 e. The van der Waals surface area contributed by atoms with Crippen LogP contribution in [0.15, 0.2) is 60.7 Å². The van der Waals surface area contributed by atoms with Crippen molar-refractivity contribution < 1.29 is 18.7 Å². The molecule has 0 amide bonds. The average molecular weight is 364 g/mol. The summed E-state index contributed by atoms with van der Waals surface area (Å²) in [6.45, 7) is -0.574. The number of hydrogen-bond donors (Lipinski definition) is 2. The van der Waals surface area contributed by atoms with Gasteiger partial charge in [0.2, 0.25) is 0 Å². The number of ketones is 1. The zero-order chi connectivity index (χ0) is 19.0. The number of nitrogens with zero attached hydrogens (tertiary/aromatic N) is 1. The highest BCUT2D eigenvalue weighted by Gasteiger charge is 2.13. The van der Waals surface area contributed by atoms with Crippen molar-refractivity contribution in [2.75, 3.05) is 6.61 Å². The number of rotatable bonds is 4. The fourth-order valence-corrected chi connectivity index (χ4v) is 2.97. The van der Waals surface area contributed by atoms with E-state index in [9.17, 15) is 13.6 Å².